The van der Waals surface area contributed by atoms with Crippen LogP contribution in [0.4, 0.5) is 0 Å². The van der Waals surface area contributed by atoms with Gasteiger partial charge in [-0.15, -0.1) is 0 Å². The van der Waals surface area contributed by atoms with Crippen LogP contribution >= 0.6 is 0 Å². The van der Waals surface area contributed by atoms with Crippen molar-refractivity contribution in [3.05, 3.63) is 29.6 Å². The van der Waals surface area contributed by atoms with Crippen molar-refractivity contribution in [2.45, 2.75) is 45.1 Å². The average Bonchev–Trinajstić information content (AvgIpc) is 3.25. The Morgan fingerprint density at radius 2 is 1.89 bits per heavy atom. The van der Waals surface area contributed by atoms with Crippen molar-refractivity contribution in [3.8, 4) is 0 Å². The van der Waals surface area contributed by atoms with Crippen LogP contribution in [0, 0.1) is 5.92 Å². The predicted molar refractivity (Wildman–Crippen MR) is 137 cm³/mol. The predicted octanol–water partition coefficient (Wildman–Crippen LogP) is 1.56. The van der Waals surface area contributed by atoms with E-state index in [1.54, 1.807) is 0 Å². The fourth-order valence-corrected chi connectivity index (χ4v) is 5.13. The minimum atomic E-state index is -0.335. The van der Waals surface area contributed by atoms with Gasteiger partial charge in [-0.2, -0.15) is 0 Å². The van der Waals surface area contributed by atoms with Gasteiger partial charge >= 0.3 is 5.97 Å². The third-order valence-electron chi connectivity index (χ3n) is 7.23. The number of carbonyl (C=O) groups excluding carboxylic acids is 2. The molecule has 0 aliphatic carbocycles. The standard InChI is InChI=1S/C26H40N6O3/c1-35-25(33)9-12-29-26(34)21-4-5-23-22(19-21)30-24(6-3-20-7-10-27-11-8-20)32(23)16-2-15-31-17-13-28-14-18-31/h4-5,19-20,27-28H,2-3,6-18H2,1H3,(H,29,34). The third-order valence-corrected chi connectivity index (χ3v) is 7.23. The number of amides is 1. The van der Waals surface area contributed by atoms with Gasteiger partial charge in [0, 0.05) is 51.3 Å². The number of methoxy groups -OCH3 is 1. The topological polar surface area (TPSA) is 101 Å². The summed E-state index contributed by atoms with van der Waals surface area (Å²) < 4.78 is 7.01. The number of hydrogen-bond donors (Lipinski definition) is 3. The fraction of sp³-hybridized carbons (Fsp3) is 0.654. The first-order valence-electron chi connectivity index (χ1n) is 13.1. The molecule has 9 heteroatoms. The maximum atomic E-state index is 12.6. The van der Waals surface area contributed by atoms with Crippen molar-refractivity contribution in [1.29, 1.82) is 0 Å². The Labute approximate surface area is 208 Å². The summed E-state index contributed by atoms with van der Waals surface area (Å²) in [5.74, 6) is 1.35. The van der Waals surface area contributed by atoms with E-state index in [-0.39, 0.29) is 24.8 Å². The summed E-state index contributed by atoms with van der Waals surface area (Å²) in [4.78, 5) is 31.5. The van der Waals surface area contributed by atoms with Crippen LogP contribution in [0.5, 0.6) is 0 Å². The van der Waals surface area contributed by atoms with Crippen molar-refractivity contribution in [1.82, 2.24) is 30.4 Å². The normalized spacial score (nSPS) is 17.5. The molecule has 4 rings (SSSR count). The number of ether oxygens (including phenoxy) is 1. The Bertz CT molecular complexity index is 979. The molecule has 2 aromatic rings. The van der Waals surface area contributed by atoms with Crippen LogP contribution in [0.25, 0.3) is 11.0 Å². The number of piperidine rings is 1. The second-order valence-corrected chi connectivity index (χ2v) is 9.64. The van der Waals surface area contributed by atoms with Crippen molar-refractivity contribution >= 4 is 22.9 Å². The molecule has 0 atom stereocenters. The average molecular weight is 485 g/mol. The zero-order chi connectivity index (χ0) is 24.5. The van der Waals surface area contributed by atoms with Gasteiger partial charge in [-0.3, -0.25) is 9.59 Å². The van der Waals surface area contributed by atoms with E-state index in [1.807, 2.05) is 18.2 Å². The maximum absolute atomic E-state index is 12.6. The minimum Gasteiger partial charge on any atom is -0.469 e. The number of imidazole rings is 1. The number of piperazine rings is 1. The number of fused-ring (bicyclic) bond motifs is 1. The number of esters is 1. The highest BCUT2D eigenvalue weighted by Gasteiger charge is 2.18. The number of aromatic nitrogens is 2. The van der Waals surface area contributed by atoms with E-state index in [1.165, 1.54) is 20.0 Å². The van der Waals surface area contributed by atoms with E-state index in [2.05, 4.69) is 30.2 Å². The highest BCUT2D eigenvalue weighted by Crippen LogP contribution is 2.23. The van der Waals surface area contributed by atoms with Crippen LogP contribution in [-0.2, 0) is 22.5 Å². The van der Waals surface area contributed by atoms with Gasteiger partial charge in [0.2, 0.25) is 0 Å². The summed E-state index contributed by atoms with van der Waals surface area (Å²) in [7, 11) is 1.35. The van der Waals surface area contributed by atoms with Gasteiger partial charge in [0.15, 0.2) is 0 Å². The SMILES string of the molecule is COC(=O)CCNC(=O)c1ccc2c(c1)nc(CCC1CCNCC1)n2CCCN1CCNCC1. The van der Waals surface area contributed by atoms with Gasteiger partial charge in [0.25, 0.3) is 5.91 Å². The molecule has 3 N–H and O–H groups in total. The minimum absolute atomic E-state index is 0.160. The Morgan fingerprint density at radius 1 is 1.11 bits per heavy atom. The summed E-state index contributed by atoms with van der Waals surface area (Å²) in [6.07, 6.45) is 5.84. The molecule has 1 aromatic heterocycles. The Morgan fingerprint density at radius 3 is 2.66 bits per heavy atom. The molecule has 0 radical (unpaired) electrons. The highest BCUT2D eigenvalue weighted by molar-refractivity contribution is 5.97. The summed E-state index contributed by atoms with van der Waals surface area (Å²) >= 11 is 0. The molecule has 192 valence electrons. The van der Waals surface area contributed by atoms with Crippen LogP contribution in [-0.4, -0.2) is 85.8 Å². The second kappa shape index (κ2) is 13.0. The number of carbonyl (C=O) groups is 2. The lowest BCUT2D eigenvalue weighted by atomic mass is 9.93. The molecule has 1 amide bonds. The number of benzene rings is 1. The largest absolute Gasteiger partial charge is 0.469 e. The zero-order valence-electron chi connectivity index (χ0n) is 21.0. The summed E-state index contributed by atoms with van der Waals surface area (Å²) in [5.41, 5.74) is 2.53. The molecule has 2 fully saturated rings. The first-order valence-corrected chi connectivity index (χ1v) is 13.1. The fourth-order valence-electron chi connectivity index (χ4n) is 5.13. The summed E-state index contributed by atoms with van der Waals surface area (Å²) in [5, 5.41) is 9.67. The van der Waals surface area contributed by atoms with Gasteiger partial charge in [0.1, 0.15) is 5.82 Å². The van der Waals surface area contributed by atoms with Crippen LogP contribution in [0.3, 0.4) is 0 Å². The van der Waals surface area contributed by atoms with Gasteiger partial charge in [0.05, 0.1) is 24.6 Å². The van der Waals surface area contributed by atoms with Gasteiger partial charge in [-0.1, -0.05) is 0 Å². The molecule has 3 heterocycles. The number of nitrogens with one attached hydrogen (secondary N) is 3. The van der Waals surface area contributed by atoms with Gasteiger partial charge in [-0.25, -0.2) is 4.98 Å². The van der Waals surface area contributed by atoms with E-state index >= 15 is 0 Å². The van der Waals surface area contributed by atoms with Crippen LogP contribution in [0.15, 0.2) is 18.2 Å². The molecule has 0 unspecified atom stereocenters. The zero-order valence-corrected chi connectivity index (χ0v) is 21.0. The lowest BCUT2D eigenvalue weighted by Gasteiger charge is -2.27. The van der Waals surface area contributed by atoms with E-state index in [9.17, 15) is 9.59 Å². The maximum Gasteiger partial charge on any atom is 0.307 e. The number of nitrogens with zero attached hydrogens (tertiary/aromatic N) is 3. The molecule has 1 aromatic carbocycles. The first-order chi connectivity index (χ1) is 17.1. The lowest BCUT2D eigenvalue weighted by molar-refractivity contribution is -0.140. The van der Waals surface area contributed by atoms with E-state index in [0.717, 1.165) is 94.4 Å². The summed E-state index contributed by atoms with van der Waals surface area (Å²) in [6, 6.07) is 5.76. The molecular formula is C26H40N6O3. The molecule has 2 saturated heterocycles. The smallest absolute Gasteiger partial charge is 0.307 e. The Kier molecular flexibility index (Phi) is 9.50. The van der Waals surface area contributed by atoms with Crippen LogP contribution in [0.2, 0.25) is 0 Å². The second-order valence-electron chi connectivity index (χ2n) is 9.64. The number of rotatable bonds is 11. The number of hydrogen-bond acceptors (Lipinski definition) is 7. The molecule has 0 spiro atoms. The lowest BCUT2D eigenvalue weighted by Crippen LogP contribution is -2.43. The Balaban J connectivity index is 1.45. The third kappa shape index (κ3) is 7.25. The van der Waals surface area contributed by atoms with E-state index in [4.69, 9.17) is 4.98 Å². The number of aryl methyl sites for hydroxylation is 2. The molecule has 0 bridgehead atoms. The van der Waals surface area contributed by atoms with Crippen LogP contribution in [0.1, 0.15) is 48.3 Å². The van der Waals surface area contributed by atoms with E-state index in [0.29, 0.717) is 5.56 Å². The van der Waals surface area contributed by atoms with Crippen molar-refractivity contribution in [3.63, 3.8) is 0 Å². The van der Waals surface area contributed by atoms with E-state index < -0.39 is 0 Å². The van der Waals surface area contributed by atoms with Crippen molar-refractivity contribution in [2.75, 3.05) is 59.5 Å². The van der Waals surface area contributed by atoms with Gasteiger partial charge in [-0.05, 0) is 69.4 Å². The van der Waals surface area contributed by atoms with Crippen LogP contribution < -0.4 is 16.0 Å². The molecule has 0 saturated carbocycles. The van der Waals surface area contributed by atoms with Gasteiger partial charge < -0.3 is 30.2 Å². The molecular weight excluding hydrogens is 444 g/mol. The molecule has 9 nitrogen and oxygen atoms in total. The summed E-state index contributed by atoms with van der Waals surface area (Å²) in [6.45, 7) is 8.87. The van der Waals surface area contributed by atoms with Crippen molar-refractivity contribution in [2.24, 2.45) is 5.92 Å². The molecule has 35 heavy (non-hydrogen) atoms. The first kappa shape index (κ1) is 25.6. The molecule has 2 aliphatic rings. The molecule has 2 aliphatic heterocycles. The monoisotopic (exact) mass is 484 g/mol. The van der Waals surface area contributed by atoms with Crippen molar-refractivity contribution < 1.29 is 14.3 Å². The highest BCUT2D eigenvalue weighted by atomic mass is 16.5. The Hall–Kier alpha value is -2.49. The quantitative estimate of drug-likeness (QED) is 0.416.